The summed E-state index contributed by atoms with van der Waals surface area (Å²) >= 11 is 5.06. The first-order valence-electron chi connectivity index (χ1n) is 5.06. The van der Waals surface area contributed by atoms with Gasteiger partial charge in [-0.3, -0.25) is 4.79 Å². The average molecular weight is 289 g/mol. The van der Waals surface area contributed by atoms with Crippen LogP contribution in [0.5, 0.6) is 0 Å². The second-order valence-corrected chi connectivity index (χ2v) is 6.22. The lowest BCUT2D eigenvalue weighted by Gasteiger charge is -2.21. The Kier molecular flexibility index (Phi) is 2.90. The lowest BCUT2D eigenvalue weighted by atomic mass is 9.85. The van der Waals surface area contributed by atoms with Crippen molar-refractivity contribution < 1.29 is 9.90 Å². The topological polar surface area (TPSA) is 37.3 Å². The number of carbonyl (C=O) groups is 1. The van der Waals surface area contributed by atoms with Crippen LogP contribution in [0.4, 0.5) is 0 Å². The molecule has 0 radical (unpaired) electrons. The maximum Gasteiger partial charge on any atom is 0.314 e. The summed E-state index contributed by atoms with van der Waals surface area (Å²) in [6.07, 6.45) is 3.63. The third-order valence-electron chi connectivity index (χ3n) is 3.20. The molecule has 1 fully saturated rings. The maximum absolute atomic E-state index is 11.4. The zero-order valence-electron chi connectivity index (χ0n) is 8.55. The number of aryl methyl sites for hydroxylation is 1. The first-order chi connectivity index (χ1) is 7.06. The summed E-state index contributed by atoms with van der Waals surface area (Å²) in [5.41, 5.74) is -0.596. The van der Waals surface area contributed by atoms with Gasteiger partial charge in [-0.05, 0) is 41.8 Å². The van der Waals surface area contributed by atoms with Crippen molar-refractivity contribution in [1.82, 2.24) is 0 Å². The van der Waals surface area contributed by atoms with Crippen LogP contribution in [-0.4, -0.2) is 11.1 Å². The Morgan fingerprint density at radius 1 is 1.53 bits per heavy atom. The summed E-state index contributed by atoms with van der Waals surface area (Å²) in [5, 5.41) is 9.41. The first kappa shape index (κ1) is 11.1. The van der Waals surface area contributed by atoms with E-state index >= 15 is 0 Å². The van der Waals surface area contributed by atoms with Crippen LogP contribution in [0.3, 0.4) is 0 Å². The largest absolute Gasteiger partial charge is 0.481 e. The molecule has 1 aromatic heterocycles. The van der Waals surface area contributed by atoms with Crippen molar-refractivity contribution in [3.63, 3.8) is 0 Å². The van der Waals surface area contributed by atoms with Gasteiger partial charge in [0.15, 0.2) is 0 Å². The van der Waals surface area contributed by atoms with Gasteiger partial charge in [0.2, 0.25) is 0 Å². The van der Waals surface area contributed by atoms with Crippen molar-refractivity contribution in [1.29, 1.82) is 0 Å². The van der Waals surface area contributed by atoms with Gasteiger partial charge in [-0.2, -0.15) is 0 Å². The van der Waals surface area contributed by atoms with E-state index < -0.39 is 11.4 Å². The standard InChI is InChI=1S/C11H13BrO2S/c1-7-8(12)6-9(15-7)11(10(13)14)4-2-3-5-11/h6H,2-5H2,1H3,(H,13,14). The number of hydrogen-bond donors (Lipinski definition) is 1. The van der Waals surface area contributed by atoms with Crippen LogP contribution in [-0.2, 0) is 10.2 Å². The van der Waals surface area contributed by atoms with Gasteiger partial charge < -0.3 is 5.11 Å². The summed E-state index contributed by atoms with van der Waals surface area (Å²) < 4.78 is 1.04. The number of hydrogen-bond acceptors (Lipinski definition) is 2. The fraction of sp³-hybridized carbons (Fsp3) is 0.545. The van der Waals surface area contributed by atoms with Crippen molar-refractivity contribution >= 4 is 33.2 Å². The van der Waals surface area contributed by atoms with Crippen LogP contribution in [0.15, 0.2) is 10.5 Å². The Morgan fingerprint density at radius 2 is 2.13 bits per heavy atom. The molecule has 15 heavy (non-hydrogen) atoms. The molecular weight excluding hydrogens is 276 g/mol. The highest BCUT2D eigenvalue weighted by atomic mass is 79.9. The Labute approximate surface area is 101 Å². The quantitative estimate of drug-likeness (QED) is 0.901. The van der Waals surface area contributed by atoms with E-state index in [0.29, 0.717) is 0 Å². The molecule has 2 nitrogen and oxygen atoms in total. The number of carboxylic acid groups (broad SMARTS) is 1. The first-order valence-corrected chi connectivity index (χ1v) is 6.67. The number of rotatable bonds is 2. The average Bonchev–Trinajstić information content (AvgIpc) is 2.75. The molecule has 0 bridgehead atoms. The summed E-state index contributed by atoms with van der Waals surface area (Å²) in [4.78, 5) is 13.6. The predicted octanol–water partition coefficient (Wildman–Crippen LogP) is 3.72. The van der Waals surface area contributed by atoms with Crippen LogP contribution in [0.2, 0.25) is 0 Å². The van der Waals surface area contributed by atoms with Crippen LogP contribution in [0, 0.1) is 6.92 Å². The van der Waals surface area contributed by atoms with E-state index in [1.54, 1.807) is 11.3 Å². The molecule has 1 aromatic rings. The number of thiophene rings is 1. The van der Waals surface area contributed by atoms with Gasteiger partial charge >= 0.3 is 5.97 Å². The minimum Gasteiger partial charge on any atom is -0.481 e. The van der Waals surface area contributed by atoms with E-state index in [4.69, 9.17) is 0 Å². The zero-order valence-corrected chi connectivity index (χ0v) is 10.9. The van der Waals surface area contributed by atoms with E-state index in [-0.39, 0.29) is 0 Å². The molecule has 0 amide bonds. The van der Waals surface area contributed by atoms with E-state index in [2.05, 4.69) is 15.9 Å². The highest BCUT2D eigenvalue weighted by Gasteiger charge is 2.44. The second-order valence-electron chi connectivity index (χ2n) is 4.11. The fourth-order valence-electron chi connectivity index (χ4n) is 2.24. The Hall–Kier alpha value is -0.350. The van der Waals surface area contributed by atoms with Gasteiger partial charge in [-0.1, -0.05) is 12.8 Å². The molecule has 1 N–H and O–H groups in total. The predicted molar refractivity (Wildman–Crippen MR) is 64.5 cm³/mol. The van der Waals surface area contributed by atoms with Crippen molar-refractivity contribution in [2.75, 3.05) is 0 Å². The number of aliphatic carboxylic acids is 1. The minimum absolute atomic E-state index is 0.596. The smallest absolute Gasteiger partial charge is 0.314 e. The molecule has 0 saturated heterocycles. The third kappa shape index (κ3) is 1.74. The molecule has 2 rings (SSSR count). The number of halogens is 1. The molecule has 1 saturated carbocycles. The van der Waals surface area contributed by atoms with Crippen LogP contribution < -0.4 is 0 Å². The Morgan fingerprint density at radius 3 is 2.53 bits per heavy atom. The molecule has 82 valence electrons. The number of carboxylic acids is 1. The van der Waals surface area contributed by atoms with E-state index in [9.17, 15) is 9.90 Å². The third-order valence-corrected chi connectivity index (χ3v) is 5.54. The summed E-state index contributed by atoms with van der Waals surface area (Å²) in [6, 6.07) is 1.99. The maximum atomic E-state index is 11.4. The van der Waals surface area contributed by atoms with Gasteiger partial charge in [0, 0.05) is 14.2 Å². The van der Waals surface area contributed by atoms with Gasteiger partial charge in [0.1, 0.15) is 5.41 Å². The van der Waals surface area contributed by atoms with Gasteiger partial charge in [0.25, 0.3) is 0 Å². The molecular formula is C11H13BrO2S. The Bertz CT molecular complexity index is 372. The summed E-state index contributed by atoms with van der Waals surface area (Å²) in [5.74, 6) is -0.659. The lowest BCUT2D eigenvalue weighted by Crippen LogP contribution is -2.31. The lowest BCUT2D eigenvalue weighted by molar-refractivity contribution is -0.143. The molecule has 1 aliphatic rings. The summed E-state index contributed by atoms with van der Waals surface area (Å²) in [7, 11) is 0. The van der Waals surface area contributed by atoms with Crippen molar-refractivity contribution in [2.24, 2.45) is 0 Å². The van der Waals surface area contributed by atoms with Crippen LogP contribution in [0.1, 0.15) is 35.4 Å². The molecule has 0 unspecified atom stereocenters. The Balaban J connectivity index is 2.45. The highest BCUT2D eigenvalue weighted by Crippen LogP contribution is 2.45. The van der Waals surface area contributed by atoms with Crippen LogP contribution in [0.25, 0.3) is 0 Å². The molecule has 4 heteroatoms. The van der Waals surface area contributed by atoms with E-state index in [0.717, 1.165) is 39.9 Å². The molecule has 0 aliphatic heterocycles. The zero-order chi connectivity index (χ0) is 11.1. The van der Waals surface area contributed by atoms with Crippen molar-refractivity contribution in [2.45, 2.75) is 38.0 Å². The molecule has 1 aliphatic carbocycles. The van der Waals surface area contributed by atoms with Crippen molar-refractivity contribution in [3.8, 4) is 0 Å². The highest BCUT2D eigenvalue weighted by molar-refractivity contribution is 9.10. The normalized spacial score (nSPS) is 19.3. The molecule has 0 aromatic carbocycles. The monoisotopic (exact) mass is 288 g/mol. The van der Waals surface area contributed by atoms with E-state index in [1.165, 1.54) is 0 Å². The molecule has 0 atom stereocenters. The molecule has 1 heterocycles. The van der Waals surface area contributed by atoms with Crippen LogP contribution >= 0.6 is 27.3 Å². The van der Waals surface area contributed by atoms with Gasteiger partial charge in [0.05, 0.1) is 0 Å². The fourth-order valence-corrected chi connectivity index (χ4v) is 4.01. The second kappa shape index (κ2) is 3.91. The van der Waals surface area contributed by atoms with Gasteiger partial charge in [-0.15, -0.1) is 11.3 Å². The summed E-state index contributed by atoms with van der Waals surface area (Å²) in [6.45, 7) is 2.02. The molecule has 0 spiro atoms. The van der Waals surface area contributed by atoms with Gasteiger partial charge in [-0.25, -0.2) is 0 Å². The minimum atomic E-state index is -0.659. The van der Waals surface area contributed by atoms with Crippen molar-refractivity contribution in [3.05, 3.63) is 20.3 Å². The van der Waals surface area contributed by atoms with E-state index in [1.807, 2.05) is 13.0 Å². The SMILES string of the molecule is Cc1sc(C2(C(=O)O)CCCC2)cc1Br.